The number of hydrogen-bond acceptors (Lipinski definition) is 4. The first-order chi connectivity index (χ1) is 9.24. The van der Waals surface area contributed by atoms with Crippen molar-refractivity contribution in [1.29, 1.82) is 0 Å². The van der Waals surface area contributed by atoms with Crippen LogP contribution in [0.3, 0.4) is 0 Å². The van der Waals surface area contributed by atoms with E-state index in [0.29, 0.717) is 17.3 Å². The van der Waals surface area contributed by atoms with Crippen LogP contribution in [0.1, 0.15) is 0 Å². The summed E-state index contributed by atoms with van der Waals surface area (Å²) in [5.41, 5.74) is 7.72. The Hall–Kier alpha value is -2.76. The third-order valence-electron chi connectivity index (χ3n) is 2.62. The number of halogens is 1. The maximum absolute atomic E-state index is 12.9. The number of nitrogens with two attached hydrogens (primary N) is 1. The van der Waals surface area contributed by atoms with Gasteiger partial charge in [-0.2, -0.15) is 5.10 Å². The van der Waals surface area contributed by atoms with Gasteiger partial charge in [-0.05, 0) is 30.3 Å². The maximum Gasteiger partial charge on any atom is 0.250 e. The molecule has 0 unspecified atom stereocenters. The molecule has 5 nitrogen and oxygen atoms in total. The Morgan fingerprint density at radius 1 is 1.05 bits per heavy atom. The van der Waals surface area contributed by atoms with Gasteiger partial charge in [0.25, 0.3) is 5.95 Å². The Morgan fingerprint density at radius 2 is 1.74 bits per heavy atom. The summed E-state index contributed by atoms with van der Waals surface area (Å²) < 4.78 is 14.4. The lowest BCUT2D eigenvalue weighted by atomic mass is 10.1. The zero-order valence-electron chi connectivity index (χ0n) is 9.86. The molecule has 0 atom stereocenters. The van der Waals surface area contributed by atoms with Crippen molar-refractivity contribution in [3.05, 3.63) is 54.7 Å². The van der Waals surface area contributed by atoms with E-state index >= 15 is 0 Å². The van der Waals surface area contributed by atoms with Crippen LogP contribution < -0.4 is 5.73 Å². The van der Waals surface area contributed by atoms with Gasteiger partial charge in [-0.25, -0.2) is 19.0 Å². The monoisotopic (exact) mass is 255 g/mol. The van der Waals surface area contributed by atoms with Crippen molar-refractivity contribution in [2.45, 2.75) is 0 Å². The van der Waals surface area contributed by atoms with E-state index in [1.165, 1.54) is 16.8 Å². The zero-order valence-corrected chi connectivity index (χ0v) is 9.86. The molecule has 94 valence electrons. The van der Waals surface area contributed by atoms with E-state index < -0.39 is 0 Å². The van der Waals surface area contributed by atoms with Crippen LogP contribution in [0.25, 0.3) is 17.2 Å². The second-order valence-electron chi connectivity index (χ2n) is 3.93. The van der Waals surface area contributed by atoms with Gasteiger partial charge in [0.2, 0.25) is 0 Å². The van der Waals surface area contributed by atoms with Crippen LogP contribution in [0.15, 0.2) is 48.9 Å². The Morgan fingerprint density at radius 3 is 2.42 bits per heavy atom. The molecule has 0 spiro atoms. The van der Waals surface area contributed by atoms with Gasteiger partial charge < -0.3 is 5.73 Å². The smallest absolute Gasteiger partial charge is 0.250 e. The maximum atomic E-state index is 12.9. The van der Waals surface area contributed by atoms with Crippen LogP contribution in [0.2, 0.25) is 0 Å². The van der Waals surface area contributed by atoms with E-state index in [1.54, 1.807) is 36.8 Å². The molecule has 0 fully saturated rings. The van der Waals surface area contributed by atoms with Crippen LogP contribution in [0, 0.1) is 5.82 Å². The molecule has 0 amide bonds. The fourth-order valence-electron chi connectivity index (χ4n) is 1.73. The highest BCUT2D eigenvalue weighted by Gasteiger charge is 2.10. The predicted octanol–water partition coefficient (Wildman–Crippen LogP) is 2.05. The van der Waals surface area contributed by atoms with Gasteiger partial charge in [0.1, 0.15) is 11.5 Å². The molecule has 1 aromatic carbocycles. The SMILES string of the molecule is Nc1cn(-c2ncccn2)nc1-c1ccc(F)cc1. The molecule has 3 aromatic rings. The number of nitrogen functional groups attached to an aromatic ring is 1. The van der Waals surface area contributed by atoms with Crippen LogP contribution in [0.4, 0.5) is 10.1 Å². The van der Waals surface area contributed by atoms with E-state index in [-0.39, 0.29) is 5.82 Å². The average Bonchev–Trinajstić information content (AvgIpc) is 2.83. The molecule has 0 aliphatic heterocycles. The van der Waals surface area contributed by atoms with E-state index in [4.69, 9.17) is 5.73 Å². The minimum Gasteiger partial charge on any atom is -0.396 e. The van der Waals surface area contributed by atoms with Crippen molar-refractivity contribution in [2.24, 2.45) is 0 Å². The van der Waals surface area contributed by atoms with Crippen molar-refractivity contribution in [1.82, 2.24) is 19.7 Å². The first-order valence-corrected chi connectivity index (χ1v) is 5.62. The van der Waals surface area contributed by atoms with Gasteiger partial charge in [-0.3, -0.25) is 0 Å². The van der Waals surface area contributed by atoms with Gasteiger partial charge in [-0.1, -0.05) is 0 Å². The lowest BCUT2D eigenvalue weighted by molar-refractivity contribution is 0.628. The molecule has 0 saturated heterocycles. The molecule has 0 radical (unpaired) electrons. The van der Waals surface area contributed by atoms with E-state index in [2.05, 4.69) is 15.1 Å². The first-order valence-electron chi connectivity index (χ1n) is 5.62. The van der Waals surface area contributed by atoms with Crippen molar-refractivity contribution in [2.75, 3.05) is 5.73 Å². The summed E-state index contributed by atoms with van der Waals surface area (Å²) in [7, 11) is 0. The summed E-state index contributed by atoms with van der Waals surface area (Å²) in [5, 5.41) is 4.32. The molecule has 0 bridgehead atoms. The summed E-state index contributed by atoms with van der Waals surface area (Å²) >= 11 is 0. The molecule has 3 rings (SSSR count). The number of anilines is 1. The number of hydrogen-bond donors (Lipinski definition) is 1. The summed E-state index contributed by atoms with van der Waals surface area (Å²) in [5.74, 6) is 0.135. The normalized spacial score (nSPS) is 10.6. The minimum absolute atomic E-state index is 0.298. The molecule has 2 heterocycles. The molecule has 0 aliphatic rings. The summed E-state index contributed by atoms with van der Waals surface area (Å²) in [6, 6.07) is 7.71. The second-order valence-corrected chi connectivity index (χ2v) is 3.93. The standard InChI is InChI=1S/C13H10FN5/c14-10-4-2-9(3-5-10)12-11(15)8-19(18-12)13-16-6-1-7-17-13/h1-8H,15H2. The number of rotatable bonds is 2. The zero-order chi connectivity index (χ0) is 13.2. The highest BCUT2D eigenvalue weighted by molar-refractivity contribution is 5.72. The number of aromatic nitrogens is 4. The summed E-state index contributed by atoms with van der Waals surface area (Å²) in [6.45, 7) is 0. The molecule has 2 N–H and O–H groups in total. The van der Waals surface area contributed by atoms with Crippen LogP contribution in [-0.2, 0) is 0 Å². The van der Waals surface area contributed by atoms with Gasteiger partial charge in [0.15, 0.2) is 0 Å². The third-order valence-corrected chi connectivity index (χ3v) is 2.62. The van der Waals surface area contributed by atoms with Crippen LogP contribution in [-0.4, -0.2) is 19.7 Å². The van der Waals surface area contributed by atoms with Crippen molar-refractivity contribution < 1.29 is 4.39 Å². The third kappa shape index (κ3) is 2.15. The number of nitrogens with zero attached hydrogens (tertiary/aromatic N) is 4. The van der Waals surface area contributed by atoms with Crippen LogP contribution >= 0.6 is 0 Å². The Balaban J connectivity index is 2.05. The van der Waals surface area contributed by atoms with Crippen molar-refractivity contribution in [3.63, 3.8) is 0 Å². The van der Waals surface area contributed by atoms with E-state index in [1.807, 2.05) is 0 Å². The molecule has 2 aromatic heterocycles. The molecular weight excluding hydrogens is 245 g/mol. The largest absolute Gasteiger partial charge is 0.396 e. The first kappa shape index (κ1) is 11.3. The van der Waals surface area contributed by atoms with Gasteiger partial charge in [0, 0.05) is 18.0 Å². The molecule has 0 saturated carbocycles. The Bertz CT molecular complexity index is 691. The van der Waals surface area contributed by atoms with Crippen LogP contribution in [0.5, 0.6) is 0 Å². The number of benzene rings is 1. The molecule has 6 heteroatoms. The highest BCUT2D eigenvalue weighted by atomic mass is 19.1. The minimum atomic E-state index is -0.298. The quantitative estimate of drug-likeness (QED) is 0.760. The highest BCUT2D eigenvalue weighted by Crippen LogP contribution is 2.24. The fourth-order valence-corrected chi connectivity index (χ4v) is 1.73. The lowest BCUT2D eigenvalue weighted by Crippen LogP contribution is -2.00. The second kappa shape index (κ2) is 4.49. The Labute approximate surface area is 108 Å². The topological polar surface area (TPSA) is 69.6 Å². The van der Waals surface area contributed by atoms with Gasteiger partial charge >= 0.3 is 0 Å². The Kier molecular flexibility index (Phi) is 2.68. The molecule has 19 heavy (non-hydrogen) atoms. The predicted molar refractivity (Wildman–Crippen MR) is 69.0 cm³/mol. The fraction of sp³-hybridized carbons (Fsp3) is 0. The average molecular weight is 255 g/mol. The van der Waals surface area contributed by atoms with Crippen molar-refractivity contribution in [3.8, 4) is 17.2 Å². The lowest BCUT2D eigenvalue weighted by Gasteiger charge is -1.98. The molecule has 0 aliphatic carbocycles. The summed E-state index contributed by atoms with van der Waals surface area (Å²) in [4.78, 5) is 8.17. The van der Waals surface area contributed by atoms with Crippen molar-refractivity contribution >= 4 is 5.69 Å². The summed E-state index contributed by atoms with van der Waals surface area (Å²) in [6.07, 6.45) is 4.88. The van der Waals surface area contributed by atoms with E-state index in [9.17, 15) is 4.39 Å². The van der Waals surface area contributed by atoms with Gasteiger partial charge in [0.05, 0.1) is 11.9 Å². The van der Waals surface area contributed by atoms with Gasteiger partial charge in [-0.15, -0.1) is 0 Å². The van der Waals surface area contributed by atoms with E-state index in [0.717, 1.165) is 5.56 Å². The molecular formula is C13H10FN5.